The van der Waals surface area contributed by atoms with E-state index in [2.05, 4.69) is 6.92 Å². The number of carbonyl (C=O) groups excluding carboxylic acids is 1. The molecule has 3 nitrogen and oxygen atoms in total. The smallest absolute Gasteiger partial charge is 0.136 e. The summed E-state index contributed by atoms with van der Waals surface area (Å²) in [6.07, 6.45) is 5.78. The van der Waals surface area contributed by atoms with Crippen LogP contribution in [0.4, 0.5) is 0 Å². The zero-order valence-corrected chi connectivity index (χ0v) is 12.8. The normalized spacial score (nSPS) is 32.6. The quantitative estimate of drug-likeness (QED) is 0.815. The van der Waals surface area contributed by atoms with Gasteiger partial charge in [0.2, 0.25) is 0 Å². The number of nitrogens with two attached hydrogens (primary N) is 1. The molecule has 0 amide bonds. The minimum atomic E-state index is 0.0338. The van der Waals surface area contributed by atoms with E-state index >= 15 is 0 Å². The largest absolute Gasteiger partial charge is 0.374 e. The van der Waals surface area contributed by atoms with E-state index in [1.807, 2.05) is 11.8 Å². The molecule has 0 aromatic carbocycles. The summed E-state index contributed by atoms with van der Waals surface area (Å²) in [4.78, 5) is 12.4. The van der Waals surface area contributed by atoms with E-state index in [0.29, 0.717) is 11.7 Å². The SMILES string of the molecule is CC(CCN)CCC(=O)C1CCOC2(CCSC2)C1. The van der Waals surface area contributed by atoms with Gasteiger partial charge < -0.3 is 10.5 Å². The molecule has 3 unspecified atom stereocenters. The van der Waals surface area contributed by atoms with Gasteiger partial charge in [-0.1, -0.05) is 6.92 Å². The Bertz CT molecular complexity index is 303. The van der Waals surface area contributed by atoms with Crippen LogP contribution >= 0.6 is 11.8 Å². The first kappa shape index (κ1) is 15.3. The number of carbonyl (C=O) groups is 1. The highest BCUT2D eigenvalue weighted by atomic mass is 32.2. The molecule has 0 saturated carbocycles. The van der Waals surface area contributed by atoms with Crippen LogP contribution in [0.1, 0.15) is 45.4 Å². The first-order chi connectivity index (χ1) is 9.15. The average Bonchev–Trinajstić information content (AvgIpc) is 2.84. The van der Waals surface area contributed by atoms with E-state index in [4.69, 9.17) is 10.5 Å². The fraction of sp³-hybridized carbons (Fsp3) is 0.933. The number of ether oxygens (including phenoxy) is 1. The van der Waals surface area contributed by atoms with Crippen molar-refractivity contribution in [3.05, 3.63) is 0 Å². The van der Waals surface area contributed by atoms with Gasteiger partial charge in [-0.25, -0.2) is 0 Å². The lowest BCUT2D eigenvalue weighted by Gasteiger charge is -2.37. The third-order valence-corrected chi connectivity index (χ3v) is 5.78. The summed E-state index contributed by atoms with van der Waals surface area (Å²) in [5, 5.41) is 0. The number of Topliss-reactive ketones (excluding diaryl/α,β-unsaturated/α-hetero) is 1. The predicted octanol–water partition coefficient (Wildman–Crippen LogP) is 2.62. The van der Waals surface area contributed by atoms with Crippen LogP contribution in [0.15, 0.2) is 0 Å². The van der Waals surface area contributed by atoms with E-state index in [1.165, 1.54) is 5.75 Å². The second-order valence-electron chi connectivity index (χ2n) is 6.21. The van der Waals surface area contributed by atoms with Crippen molar-refractivity contribution in [2.75, 3.05) is 24.7 Å². The van der Waals surface area contributed by atoms with E-state index in [-0.39, 0.29) is 11.5 Å². The Morgan fingerprint density at radius 2 is 2.37 bits per heavy atom. The molecule has 19 heavy (non-hydrogen) atoms. The number of hydrogen-bond acceptors (Lipinski definition) is 4. The van der Waals surface area contributed by atoms with Crippen LogP contribution in [-0.2, 0) is 9.53 Å². The molecule has 2 saturated heterocycles. The Kier molecular flexibility index (Phi) is 5.72. The molecule has 3 atom stereocenters. The molecule has 2 N–H and O–H groups in total. The van der Waals surface area contributed by atoms with Gasteiger partial charge in [-0.15, -0.1) is 0 Å². The van der Waals surface area contributed by atoms with Crippen molar-refractivity contribution in [2.45, 2.75) is 51.0 Å². The van der Waals surface area contributed by atoms with Gasteiger partial charge in [0.25, 0.3) is 0 Å². The van der Waals surface area contributed by atoms with Crippen molar-refractivity contribution in [3.63, 3.8) is 0 Å². The first-order valence-corrected chi connectivity index (χ1v) is 8.75. The number of rotatable bonds is 6. The molecule has 2 aliphatic rings. The van der Waals surface area contributed by atoms with Crippen LogP contribution in [0.25, 0.3) is 0 Å². The van der Waals surface area contributed by atoms with Crippen molar-refractivity contribution < 1.29 is 9.53 Å². The third kappa shape index (κ3) is 4.20. The third-order valence-electron chi connectivity index (χ3n) is 4.56. The van der Waals surface area contributed by atoms with Gasteiger partial charge in [-0.2, -0.15) is 11.8 Å². The molecule has 0 aromatic rings. The molecule has 0 aromatic heterocycles. The second-order valence-corrected chi connectivity index (χ2v) is 7.32. The van der Waals surface area contributed by atoms with Crippen molar-refractivity contribution in [1.29, 1.82) is 0 Å². The van der Waals surface area contributed by atoms with Gasteiger partial charge in [0, 0.05) is 24.7 Å². The van der Waals surface area contributed by atoms with Gasteiger partial charge in [0.05, 0.1) is 5.60 Å². The van der Waals surface area contributed by atoms with Crippen LogP contribution in [0.2, 0.25) is 0 Å². The second kappa shape index (κ2) is 7.09. The van der Waals surface area contributed by atoms with Gasteiger partial charge in [0.15, 0.2) is 0 Å². The maximum Gasteiger partial charge on any atom is 0.136 e. The van der Waals surface area contributed by atoms with Crippen LogP contribution in [-0.4, -0.2) is 36.0 Å². The van der Waals surface area contributed by atoms with Crippen molar-refractivity contribution in [1.82, 2.24) is 0 Å². The molecular weight excluding hydrogens is 258 g/mol. The van der Waals surface area contributed by atoms with Crippen LogP contribution in [0.5, 0.6) is 0 Å². The Balaban J connectivity index is 1.78. The Morgan fingerprint density at radius 1 is 1.53 bits per heavy atom. The molecule has 0 bridgehead atoms. The van der Waals surface area contributed by atoms with Crippen molar-refractivity contribution in [2.24, 2.45) is 17.6 Å². The summed E-state index contributed by atoms with van der Waals surface area (Å²) in [7, 11) is 0. The van der Waals surface area contributed by atoms with Gasteiger partial charge in [0.1, 0.15) is 5.78 Å². The fourth-order valence-electron chi connectivity index (χ4n) is 3.19. The summed E-state index contributed by atoms with van der Waals surface area (Å²) in [6, 6.07) is 0. The monoisotopic (exact) mass is 285 g/mol. The predicted molar refractivity (Wildman–Crippen MR) is 80.4 cm³/mol. The molecule has 0 aliphatic carbocycles. The highest BCUT2D eigenvalue weighted by Gasteiger charge is 2.42. The van der Waals surface area contributed by atoms with E-state index in [0.717, 1.165) is 57.4 Å². The molecular formula is C15H27NO2S. The summed E-state index contributed by atoms with van der Waals surface area (Å²) in [5.41, 5.74) is 5.59. The zero-order chi connectivity index (χ0) is 13.7. The number of thioether (sulfide) groups is 1. The highest BCUT2D eigenvalue weighted by Crippen LogP contribution is 2.41. The molecule has 4 heteroatoms. The van der Waals surface area contributed by atoms with E-state index in [9.17, 15) is 4.79 Å². The standard InChI is InChI=1S/C15H27NO2S/c1-12(4-7-16)2-3-14(17)13-5-8-18-15(10-13)6-9-19-11-15/h12-13H,2-11,16H2,1H3. The molecule has 2 aliphatic heterocycles. The van der Waals surface area contributed by atoms with Crippen LogP contribution < -0.4 is 5.73 Å². The Hall–Kier alpha value is -0.0600. The number of ketones is 1. The lowest BCUT2D eigenvalue weighted by atomic mass is 9.81. The van der Waals surface area contributed by atoms with Crippen LogP contribution in [0, 0.1) is 11.8 Å². The minimum absolute atomic E-state index is 0.0338. The van der Waals surface area contributed by atoms with Gasteiger partial charge in [-0.05, 0) is 50.3 Å². The fourth-order valence-corrected chi connectivity index (χ4v) is 4.57. The zero-order valence-electron chi connectivity index (χ0n) is 12.0. The van der Waals surface area contributed by atoms with Gasteiger partial charge in [-0.3, -0.25) is 4.79 Å². The summed E-state index contributed by atoms with van der Waals surface area (Å²) < 4.78 is 5.98. The maximum atomic E-state index is 12.4. The molecule has 110 valence electrons. The molecule has 2 heterocycles. The Labute approximate surface area is 121 Å². The van der Waals surface area contributed by atoms with E-state index in [1.54, 1.807) is 0 Å². The lowest BCUT2D eigenvalue weighted by Crippen LogP contribution is -2.42. The molecule has 2 fully saturated rings. The van der Waals surface area contributed by atoms with Crippen LogP contribution in [0.3, 0.4) is 0 Å². The maximum absolute atomic E-state index is 12.4. The first-order valence-electron chi connectivity index (χ1n) is 7.60. The summed E-state index contributed by atoms with van der Waals surface area (Å²) in [6.45, 7) is 3.70. The molecule has 1 spiro atoms. The topological polar surface area (TPSA) is 52.3 Å². The summed E-state index contributed by atoms with van der Waals surface area (Å²) >= 11 is 1.97. The van der Waals surface area contributed by atoms with E-state index < -0.39 is 0 Å². The molecule has 2 rings (SSSR count). The number of hydrogen-bond donors (Lipinski definition) is 1. The van der Waals surface area contributed by atoms with Crippen molar-refractivity contribution in [3.8, 4) is 0 Å². The average molecular weight is 285 g/mol. The van der Waals surface area contributed by atoms with Crippen molar-refractivity contribution >= 4 is 17.5 Å². The van der Waals surface area contributed by atoms with Gasteiger partial charge >= 0.3 is 0 Å². The minimum Gasteiger partial charge on any atom is -0.374 e. The Morgan fingerprint density at radius 3 is 3.05 bits per heavy atom. The highest BCUT2D eigenvalue weighted by molar-refractivity contribution is 7.99. The molecule has 0 radical (unpaired) electrons. The summed E-state index contributed by atoms with van der Waals surface area (Å²) in [5.74, 6) is 3.56. The lowest BCUT2D eigenvalue weighted by molar-refractivity contribution is -0.134.